The van der Waals surface area contributed by atoms with Crippen LogP contribution in [-0.4, -0.2) is 29.3 Å². The zero-order valence-electron chi connectivity index (χ0n) is 20.0. The van der Waals surface area contributed by atoms with Crippen LogP contribution in [-0.2, 0) is 0 Å². The minimum atomic E-state index is -0.717. The van der Waals surface area contributed by atoms with E-state index >= 15 is 0 Å². The van der Waals surface area contributed by atoms with E-state index < -0.39 is 9.52 Å². The van der Waals surface area contributed by atoms with Gasteiger partial charge in [-0.15, -0.1) is 0 Å². The van der Waals surface area contributed by atoms with Gasteiger partial charge in [0.2, 0.25) is 5.75 Å². The summed E-state index contributed by atoms with van der Waals surface area (Å²) in [5, 5.41) is 2.65. The standard InChI is InChI=1S/C27H40O3Si/c1-6-9-18-28-24-16-17-25(31-23-14-12-22(13-15-23)21(4)5)27(30-20-11-8-3)26(24)29-19-10-7-2/h12-17H,4,6-11,18-20,31H2,1-3,5H3. The molecule has 0 radical (unpaired) electrons. The van der Waals surface area contributed by atoms with Crippen molar-refractivity contribution in [2.75, 3.05) is 19.8 Å². The second kappa shape index (κ2) is 14.0. The van der Waals surface area contributed by atoms with Crippen molar-refractivity contribution in [3.05, 3.63) is 48.5 Å². The minimum Gasteiger partial charge on any atom is -0.490 e. The monoisotopic (exact) mass is 440 g/mol. The lowest BCUT2D eigenvalue weighted by Crippen LogP contribution is -2.29. The third-order valence-electron chi connectivity index (χ3n) is 5.24. The minimum absolute atomic E-state index is 0.684. The van der Waals surface area contributed by atoms with Gasteiger partial charge in [-0.05, 0) is 43.0 Å². The van der Waals surface area contributed by atoms with Gasteiger partial charge in [-0.3, -0.25) is 0 Å². The molecule has 0 fully saturated rings. The van der Waals surface area contributed by atoms with E-state index in [1.54, 1.807) is 0 Å². The van der Waals surface area contributed by atoms with Crippen LogP contribution in [0.2, 0.25) is 0 Å². The fourth-order valence-electron chi connectivity index (χ4n) is 3.22. The highest BCUT2D eigenvalue weighted by molar-refractivity contribution is 6.68. The zero-order chi connectivity index (χ0) is 22.5. The summed E-state index contributed by atoms with van der Waals surface area (Å²) in [7, 11) is -0.717. The summed E-state index contributed by atoms with van der Waals surface area (Å²) in [6, 6.07) is 13.1. The fraction of sp³-hybridized carbons (Fsp3) is 0.481. The van der Waals surface area contributed by atoms with Gasteiger partial charge in [0.1, 0.15) is 0 Å². The predicted molar refractivity (Wildman–Crippen MR) is 137 cm³/mol. The lowest BCUT2D eigenvalue weighted by molar-refractivity contribution is 0.238. The largest absolute Gasteiger partial charge is 0.490 e. The summed E-state index contributed by atoms with van der Waals surface area (Å²) in [5.74, 6) is 2.50. The van der Waals surface area contributed by atoms with Crippen molar-refractivity contribution >= 4 is 25.5 Å². The van der Waals surface area contributed by atoms with Gasteiger partial charge in [-0.25, -0.2) is 0 Å². The molecule has 0 unspecified atom stereocenters. The Hall–Kier alpha value is -2.20. The number of benzene rings is 2. The average molecular weight is 441 g/mol. The van der Waals surface area contributed by atoms with Crippen LogP contribution in [0.15, 0.2) is 43.0 Å². The number of rotatable bonds is 15. The summed E-state index contributed by atoms with van der Waals surface area (Å²) in [4.78, 5) is 0. The van der Waals surface area contributed by atoms with E-state index in [9.17, 15) is 0 Å². The van der Waals surface area contributed by atoms with Gasteiger partial charge >= 0.3 is 0 Å². The SMILES string of the molecule is C=C(C)c1ccc([SiH2]c2ccc(OCCCC)c(OCCCC)c2OCCCC)cc1. The van der Waals surface area contributed by atoms with E-state index in [0.29, 0.717) is 19.8 Å². The average Bonchev–Trinajstić information content (AvgIpc) is 2.77. The van der Waals surface area contributed by atoms with Gasteiger partial charge in [0, 0.05) is 0 Å². The number of hydrogen-bond donors (Lipinski definition) is 0. The third kappa shape index (κ3) is 8.10. The summed E-state index contributed by atoms with van der Waals surface area (Å²) < 4.78 is 18.7. The zero-order valence-corrected chi connectivity index (χ0v) is 21.4. The second-order valence-corrected chi connectivity index (χ2v) is 10.1. The van der Waals surface area contributed by atoms with Crippen LogP contribution in [0, 0.1) is 0 Å². The van der Waals surface area contributed by atoms with Crippen LogP contribution in [0.4, 0.5) is 0 Å². The second-order valence-electron chi connectivity index (χ2n) is 8.14. The molecule has 0 aliphatic heterocycles. The molecule has 2 rings (SSSR count). The molecule has 0 N–H and O–H groups in total. The van der Waals surface area contributed by atoms with E-state index in [1.807, 2.05) is 6.92 Å². The number of unbranched alkanes of at least 4 members (excludes halogenated alkanes) is 3. The van der Waals surface area contributed by atoms with Gasteiger partial charge in [0.15, 0.2) is 11.5 Å². The molecule has 0 spiro atoms. The molecule has 0 saturated carbocycles. The lowest BCUT2D eigenvalue weighted by atomic mass is 10.1. The molecule has 2 aromatic rings. The Balaban J connectivity index is 2.36. The highest BCUT2D eigenvalue weighted by atomic mass is 28.2. The van der Waals surface area contributed by atoms with Crippen LogP contribution >= 0.6 is 0 Å². The van der Waals surface area contributed by atoms with Gasteiger partial charge in [0.25, 0.3) is 0 Å². The first-order chi connectivity index (χ1) is 15.1. The van der Waals surface area contributed by atoms with E-state index in [-0.39, 0.29) is 0 Å². The van der Waals surface area contributed by atoms with Crippen molar-refractivity contribution in [2.45, 2.75) is 66.2 Å². The van der Waals surface area contributed by atoms with E-state index in [2.05, 4.69) is 63.7 Å². The normalized spacial score (nSPS) is 11.1. The van der Waals surface area contributed by atoms with Crippen molar-refractivity contribution in [2.24, 2.45) is 0 Å². The Morgan fingerprint density at radius 2 is 1.29 bits per heavy atom. The molecule has 0 heterocycles. The number of hydrogen-bond acceptors (Lipinski definition) is 3. The Bertz CT molecular complexity index is 799. The molecule has 31 heavy (non-hydrogen) atoms. The Morgan fingerprint density at radius 1 is 0.742 bits per heavy atom. The summed E-state index contributed by atoms with van der Waals surface area (Å²) in [6.07, 6.45) is 6.40. The lowest BCUT2D eigenvalue weighted by Gasteiger charge is -2.20. The van der Waals surface area contributed by atoms with Crippen molar-refractivity contribution < 1.29 is 14.2 Å². The van der Waals surface area contributed by atoms with Crippen LogP contribution in [0.25, 0.3) is 5.57 Å². The van der Waals surface area contributed by atoms with E-state index in [0.717, 1.165) is 61.3 Å². The van der Waals surface area contributed by atoms with Crippen LogP contribution in [0.1, 0.15) is 71.8 Å². The first-order valence-electron chi connectivity index (χ1n) is 11.9. The molecule has 3 nitrogen and oxygen atoms in total. The molecule has 2 aromatic carbocycles. The highest BCUT2D eigenvalue weighted by Crippen LogP contribution is 2.36. The smallest absolute Gasteiger partial charge is 0.203 e. The Morgan fingerprint density at radius 3 is 1.84 bits per heavy atom. The maximum Gasteiger partial charge on any atom is 0.203 e. The predicted octanol–water partition coefficient (Wildman–Crippen LogP) is 5.38. The molecule has 4 heteroatoms. The number of ether oxygens (including phenoxy) is 3. The fourth-order valence-corrected chi connectivity index (χ4v) is 4.79. The molecule has 0 saturated heterocycles. The summed E-state index contributed by atoms with van der Waals surface area (Å²) in [5.41, 5.74) is 2.29. The van der Waals surface area contributed by atoms with E-state index in [4.69, 9.17) is 14.2 Å². The Kier molecular flexibility index (Phi) is 11.3. The molecule has 0 aromatic heterocycles. The topological polar surface area (TPSA) is 27.7 Å². The summed E-state index contributed by atoms with van der Waals surface area (Å²) >= 11 is 0. The summed E-state index contributed by atoms with van der Waals surface area (Å²) in [6.45, 7) is 14.7. The molecular formula is C27H40O3Si. The molecule has 170 valence electrons. The van der Waals surface area contributed by atoms with Crippen molar-refractivity contribution in [1.29, 1.82) is 0 Å². The molecule has 0 aliphatic carbocycles. The highest BCUT2D eigenvalue weighted by Gasteiger charge is 2.18. The molecular weight excluding hydrogens is 400 g/mol. The van der Waals surface area contributed by atoms with Crippen LogP contribution < -0.4 is 24.6 Å². The first kappa shape index (κ1) is 25.1. The quantitative estimate of drug-likeness (QED) is 0.275. The third-order valence-corrected chi connectivity index (χ3v) is 7.06. The molecule has 0 aliphatic rings. The van der Waals surface area contributed by atoms with Gasteiger partial charge < -0.3 is 14.2 Å². The maximum atomic E-state index is 6.34. The van der Waals surface area contributed by atoms with Crippen LogP contribution in [0.3, 0.4) is 0 Å². The van der Waals surface area contributed by atoms with Crippen molar-refractivity contribution in [3.8, 4) is 17.2 Å². The van der Waals surface area contributed by atoms with E-state index in [1.165, 1.54) is 15.9 Å². The van der Waals surface area contributed by atoms with Crippen molar-refractivity contribution in [3.63, 3.8) is 0 Å². The first-order valence-corrected chi connectivity index (χ1v) is 13.3. The Labute approximate surface area is 191 Å². The number of allylic oxidation sites excluding steroid dienone is 1. The van der Waals surface area contributed by atoms with Crippen molar-refractivity contribution in [1.82, 2.24) is 0 Å². The maximum absolute atomic E-state index is 6.34. The molecule has 0 atom stereocenters. The molecule has 0 bridgehead atoms. The van der Waals surface area contributed by atoms with Crippen LogP contribution in [0.5, 0.6) is 17.2 Å². The van der Waals surface area contributed by atoms with Gasteiger partial charge in [0.05, 0.1) is 29.3 Å². The van der Waals surface area contributed by atoms with Gasteiger partial charge in [-0.2, -0.15) is 0 Å². The molecule has 0 amide bonds. The van der Waals surface area contributed by atoms with Gasteiger partial charge in [-0.1, -0.05) is 87.7 Å².